The van der Waals surface area contributed by atoms with E-state index in [-0.39, 0.29) is 28.7 Å². The lowest BCUT2D eigenvalue weighted by Gasteiger charge is -2.29. The number of fused-ring (bicyclic) bond motifs is 1. The molecular formula is C19H24BClN2O7. The van der Waals surface area contributed by atoms with Crippen molar-refractivity contribution >= 4 is 36.5 Å². The Bertz CT molecular complexity index is 841. The van der Waals surface area contributed by atoms with Crippen LogP contribution in [0.5, 0.6) is 5.75 Å². The summed E-state index contributed by atoms with van der Waals surface area (Å²) in [6.45, 7) is 6.28. The van der Waals surface area contributed by atoms with E-state index in [9.17, 15) is 19.3 Å². The van der Waals surface area contributed by atoms with Gasteiger partial charge in [0.1, 0.15) is 11.3 Å². The first-order valence-corrected chi connectivity index (χ1v) is 9.89. The number of carbonyl (C=O) groups is 3. The third-order valence-electron chi connectivity index (χ3n) is 4.29. The van der Waals surface area contributed by atoms with Crippen LogP contribution in [0.1, 0.15) is 56.5 Å². The first-order valence-electron chi connectivity index (χ1n) is 9.52. The molecule has 11 heteroatoms. The van der Waals surface area contributed by atoms with Crippen LogP contribution < -0.4 is 9.97 Å². The number of halogens is 1. The summed E-state index contributed by atoms with van der Waals surface area (Å²) in [6, 6.07) is 2.90. The highest BCUT2D eigenvalue weighted by atomic mass is 35.5. The fourth-order valence-corrected chi connectivity index (χ4v) is 3.03. The molecule has 0 spiro atoms. The second-order valence-corrected chi connectivity index (χ2v) is 8.35. The first kappa shape index (κ1) is 23.7. The minimum Gasteiger partial charge on any atom is -0.536 e. The average Bonchev–Trinajstić information content (AvgIpc) is 2.66. The number of nitrogens with zero attached hydrogens (tertiary/aromatic N) is 1. The third kappa shape index (κ3) is 5.95. The minimum absolute atomic E-state index is 0.0312. The summed E-state index contributed by atoms with van der Waals surface area (Å²) in [4.78, 5) is 47.5. The summed E-state index contributed by atoms with van der Waals surface area (Å²) < 4.78 is 15.5. The van der Waals surface area contributed by atoms with Crippen LogP contribution in [-0.2, 0) is 25.5 Å². The predicted octanol–water partition coefficient (Wildman–Crippen LogP) is 3.06. The van der Waals surface area contributed by atoms with E-state index < -0.39 is 37.1 Å². The molecule has 1 aliphatic rings. The van der Waals surface area contributed by atoms with Crippen LogP contribution in [0.2, 0.25) is 5.02 Å². The summed E-state index contributed by atoms with van der Waals surface area (Å²) in [5, 5.41) is 5.89. The van der Waals surface area contributed by atoms with Crippen molar-refractivity contribution in [2.45, 2.75) is 52.9 Å². The predicted molar refractivity (Wildman–Crippen MR) is 110 cm³/mol. The molecule has 1 heterocycles. The second kappa shape index (κ2) is 9.93. The smallest absolute Gasteiger partial charge is 0.536 e. The van der Waals surface area contributed by atoms with Crippen LogP contribution in [0.25, 0.3) is 0 Å². The molecule has 0 aliphatic carbocycles. The fraction of sp³-hybridized carbons (Fsp3) is 0.526. The van der Waals surface area contributed by atoms with E-state index in [1.807, 2.05) is 6.92 Å². The molecule has 0 saturated carbocycles. The number of carbonyl (C=O) groups excluding carboxylic acids is 3. The van der Waals surface area contributed by atoms with Crippen molar-refractivity contribution in [3.8, 4) is 5.75 Å². The maximum Gasteiger partial charge on any atom is 0.570 e. The van der Waals surface area contributed by atoms with Crippen molar-refractivity contribution in [2.24, 2.45) is 10.5 Å². The van der Waals surface area contributed by atoms with Gasteiger partial charge in [0.05, 0.1) is 11.4 Å². The van der Waals surface area contributed by atoms with Gasteiger partial charge in [-0.05, 0) is 51.3 Å². The zero-order chi connectivity index (χ0) is 22.5. The third-order valence-corrected chi connectivity index (χ3v) is 4.51. The van der Waals surface area contributed by atoms with Gasteiger partial charge >= 0.3 is 19.0 Å². The monoisotopic (exact) mass is 438 g/mol. The van der Waals surface area contributed by atoms with Crippen molar-refractivity contribution in [3.63, 3.8) is 0 Å². The second-order valence-electron chi connectivity index (χ2n) is 7.91. The first-order chi connectivity index (χ1) is 14.1. The Labute approximate surface area is 179 Å². The molecule has 0 fully saturated rings. The molecule has 2 rings (SSSR count). The molecule has 30 heavy (non-hydrogen) atoms. The number of benzene rings is 1. The lowest BCUT2D eigenvalue weighted by atomic mass is 9.68. The van der Waals surface area contributed by atoms with Gasteiger partial charge in [-0.25, -0.2) is 4.79 Å². The Hall–Kier alpha value is -2.62. The van der Waals surface area contributed by atoms with E-state index >= 15 is 0 Å². The fourth-order valence-electron chi connectivity index (χ4n) is 2.79. The number of nitrogens with one attached hydrogen (secondary N) is 1. The van der Waals surface area contributed by atoms with Gasteiger partial charge in [-0.2, -0.15) is 4.91 Å². The van der Waals surface area contributed by atoms with Crippen LogP contribution >= 0.6 is 11.6 Å². The Balaban J connectivity index is 2.18. The highest BCUT2D eigenvalue weighted by Gasteiger charge is 2.40. The molecule has 0 aromatic heterocycles. The Kier molecular flexibility index (Phi) is 7.83. The van der Waals surface area contributed by atoms with Crippen molar-refractivity contribution in [1.82, 2.24) is 5.32 Å². The van der Waals surface area contributed by atoms with Crippen LogP contribution in [0, 0.1) is 10.3 Å². The number of ether oxygens (including phenoxy) is 2. The summed E-state index contributed by atoms with van der Waals surface area (Å²) in [6.07, 6.45) is 1.15. The van der Waals surface area contributed by atoms with E-state index in [1.54, 1.807) is 26.8 Å². The molecule has 1 aromatic carbocycles. The van der Waals surface area contributed by atoms with Gasteiger partial charge in [0.2, 0.25) is 12.7 Å². The number of hydrogen-bond donors (Lipinski definition) is 1. The molecule has 1 atom stereocenters. The van der Waals surface area contributed by atoms with Crippen molar-refractivity contribution < 1.29 is 28.5 Å². The molecule has 0 saturated heterocycles. The Morgan fingerprint density at radius 2 is 2.00 bits per heavy atom. The van der Waals surface area contributed by atoms with Gasteiger partial charge in [-0.3, -0.25) is 9.59 Å². The molecular weight excluding hydrogens is 414 g/mol. The van der Waals surface area contributed by atoms with Gasteiger partial charge in [0.25, 0.3) is 0 Å². The van der Waals surface area contributed by atoms with Crippen LogP contribution in [0.15, 0.2) is 17.2 Å². The molecule has 0 bridgehead atoms. The molecule has 162 valence electrons. The minimum atomic E-state index is -1.22. The molecule has 1 amide bonds. The molecule has 9 nitrogen and oxygen atoms in total. The van der Waals surface area contributed by atoms with E-state index in [0.717, 1.165) is 0 Å². The maximum atomic E-state index is 12.5. The normalized spacial score (nSPS) is 15.5. The lowest BCUT2D eigenvalue weighted by molar-refractivity contribution is -0.161. The maximum absolute atomic E-state index is 12.5. The van der Waals surface area contributed by atoms with E-state index in [0.29, 0.717) is 18.4 Å². The van der Waals surface area contributed by atoms with Gasteiger partial charge in [0, 0.05) is 11.4 Å². The molecule has 1 N–H and O–H groups in total. The summed E-state index contributed by atoms with van der Waals surface area (Å²) >= 11 is 6.12. The van der Waals surface area contributed by atoms with E-state index in [4.69, 9.17) is 25.7 Å². The molecule has 1 aromatic rings. The average molecular weight is 439 g/mol. The van der Waals surface area contributed by atoms with Gasteiger partial charge in [-0.1, -0.05) is 23.6 Å². The number of esters is 2. The molecule has 1 aliphatic heterocycles. The highest BCUT2D eigenvalue weighted by molar-refractivity contribution is 6.53. The highest BCUT2D eigenvalue weighted by Crippen LogP contribution is 2.34. The largest absolute Gasteiger partial charge is 0.570 e. The number of nitroso groups, excluding NO2 is 1. The summed E-state index contributed by atoms with van der Waals surface area (Å²) in [7, 11) is -1.22. The Morgan fingerprint density at radius 3 is 2.60 bits per heavy atom. The summed E-state index contributed by atoms with van der Waals surface area (Å²) in [5.41, 5.74) is -0.260. The Morgan fingerprint density at radius 1 is 1.30 bits per heavy atom. The van der Waals surface area contributed by atoms with Crippen LogP contribution in [0.4, 0.5) is 0 Å². The number of amides is 1. The van der Waals surface area contributed by atoms with Crippen molar-refractivity contribution in [2.75, 3.05) is 6.79 Å². The number of hydrogen-bond acceptors (Lipinski definition) is 8. The topological polar surface area (TPSA) is 120 Å². The summed E-state index contributed by atoms with van der Waals surface area (Å²) in [5.74, 6) is -2.20. The van der Waals surface area contributed by atoms with Gasteiger partial charge in [-0.15, -0.1) is 0 Å². The number of rotatable bonds is 7. The lowest BCUT2D eigenvalue weighted by Crippen LogP contribution is -2.52. The van der Waals surface area contributed by atoms with Crippen molar-refractivity contribution in [3.05, 3.63) is 33.2 Å². The van der Waals surface area contributed by atoms with E-state index in [2.05, 4.69) is 10.4 Å². The van der Waals surface area contributed by atoms with Gasteiger partial charge in [0.15, 0.2) is 0 Å². The SMILES string of the molecule is CCCC(=O)N[C@H]1Cc2cc(Cl)cc(C(=O)OCOC(=O)C(C)(C)C)c2OB1N=O. The molecule has 0 unspecified atom stereocenters. The van der Waals surface area contributed by atoms with Crippen molar-refractivity contribution in [1.29, 1.82) is 0 Å². The molecule has 0 radical (unpaired) electrons. The zero-order valence-corrected chi connectivity index (χ0v) is 18.1. The van der Waals surface area contributed by atoms with Crippen LogP contribution in [-0.4, -0.2) is 37.6 Å². The van der Waals surface area contributed by atoms with Gasteiger partial charge < -0.3 is 19.4 Å². The standard InChI is InChI=1S/C19H24BClN2O7/c1-5-6-15(24)22-14-8-11-7-12(21)9-13(16(11)30-20(14)23-27)17(25)28-10-29-18(26)19(2,3)4/h7,9,14H,5-6,8,10H2,1-4H3,(H,22,24)/t14-/m0/s1. The zero-order valence-electron chi connectivity index (χ0n) is 17.3. The van der Waals surface area contributed by atoms with Crippen LogP contribution in [0.3, 0.4) is 0 Å². The quantitative estimate of drug-likeness (QED) is 0.300. The van der Waals surface area contributed by atoms with E-state index in [1.165, 1.54) is 6.07 Å².